The van der Waals surface area contributed by atoms with E-state index in [1.54, 1.807) is 6.92 Å². The van der Waals surface area contributed by atoms with Crippen molar-refractivity contribution in [3.05, 3.63) is 47.9 Å². The monoisotopic (exact) mass is 356 g/mol. The molecule has 1 amide bonds. The average molecular weight is 356 g/mol. The average Bonchev–Trinajstić information content (AvgIpc) is 3.07. The number of ether oxygens (including phenoxy) is 1. The Kier molecular flexibility index (Phi) is 5.61. The van der Waals surface area contributed by atoms with Crippen molar-refractivity contribution in [3.8, 4) is 0 Å². The van der Waals surface area contributed by atoms with E-state index in [-0.39, 0.29) is 12.5 Å². The summed E-state index contributed by atoms with van der Waals surface area (Å²) in [6, 6.07) is 9.27. The lowest BCUT2D eigenvalue weighted by Gasteiger charge is -2.32. The Morgan fingerprint density at radius 2 is 1.88 bits per heavy atom. The molecule has 0 unspecified atom stereocenters. The molecule has 1 aromatic heterocycles. The van der Waals surface area contributed by atoms with Gasteiger partial charge in [-0.2, -0.15) is 0 Å². The van der Waals surface area contributed by atoms with Crippen LogP contribution in [0.25, 0.3) is 0 Å². The van der Waals surface area contributed by atoms with Crippen molar-refractivity contribution in [2.24, 2.45) is 5.92 Å². The number of nitrogens with one attached hydrogen (secondary N) is 1. The van der Waals surface area contributed by atoms with Crippen molar-refractivity contribution in [1.82, 2.24) is 0 Å². The maximum atomic E-state index is 12.0. The summed E-state index contributed by atoms with van der Waals surface area (Å²) in [7, 11) is 0. The number of anilines is 2. The van der Waals surface area contributed by atoms with Crippen LogP contribution in [0.2, 0.25) is 0 Å². The van der Waals surface area contributed by atoms with Crippen molar-refractivity contribution in [1.29, 1.82) is 0 Å². The number of hydrogen-bond donors (Lipinski definition) is 1. The summed E-state index contributed by atoms with van der Waals surface area (Å²) in [6.07, 6.45) is 3.83. The van der Waals surface area contributed by atoms with Crippen LogP contribution in [0.1, 0.15) is 35.9 Å². The topological polar surface area (TPSA) is 71.8 Å². The zero-order chi connectivity index (χ0) is 18.5. The molecule has 1 aliphatic heterocycles. The van der Waals surface area contributed by atoms with E-state index in [9.17, 15) is 9.59 Å². The highest BCUT2D eigenvalue weighted by Gasteiger charge is 2.17. The first-order valence-electron chi connectivity index (χ1n) is 8.89. The molecule has 1 saturated heterocycles. The number of hydrogen-bond acceptors (Lipinski definition) is 5. The molecular weight excluding hydrogens is 332 g/mol. The first-order valence-corrected chi connectivity index (χ1v) is 8.89. The van der Waals surface area contributed by atoms with E-state index >= 15 is 0 Å². The molecule has 0 atom stereocenters. The Hall–Kier alpha value is -2.76. The van der Waals surface area contributed by atoms with E-state index in [1.165, 1.54) is 25.2 Å². The molecule has 0 spiro atoms. The fourth-order valence-electron chi connectivity index (χ4n) is 3.03. The summed E-state index contributed by atoms with van der Waals surface area (Å²) >= 11 is 0. The fourth-order valence-corrected chi connectivity index (χ4v) is 3.03. The van der Waals surface area contributed by atoms with Gasteiger partial charge in [0, 0.05) is 24.5 Å². The minimum atomic E-state index is -0.568. The number of carbonyl (C=O) groups excluding carboxylic acids is 2. The highest BCUT2D eigenvalue weighted by molar-refractivity contribution is 5.95. The van der Waals surface area contributed by atoms with Gasteiger partial charge in [0.05, 0.1) is 6.26 Å². The number of amides is 1. The molecule has 0 radical (unpaired) electrons. The summed E-state index contributed by atoms with van der Waals surface area (Å²) in [5, 5.41) is 2.74. The Bertz CT molecular complexity index is 758. The molecule has 6 heteroatoms. The second-order valence-corrected chi connectivity index (χ2v) is 6.73. The van der Waals surface area contributed by atoms with Gasteiger partial charge in [-0.25, -0.2) is 4.79 Å². The smallest absolute Gasteiger partial charge is 0.342 e. The SMILES string of the molecule is Cc1occc1C(=O)OCC(=O)Nc1ccc(N2CCC(C)CC2)cc1. The number of rotatable bonds is 5. The van der Waals surface area contributed by atoms with Gasteiger partial charge in [-0.15, -0.1) is 0 Å². The lowest BCUT2D eigenvalue weighted by molar-refractivity contribution is -0.119. The summed E-state index contributed by atoms with van der Waals surface area (Å²) in [5.74, 6) is 0.316. The number of aryl methyl sites for hydroxylation is 1. The van der Waals surface area contributed by atoms with Gasteiger partial charge in [-0.05, 0) is 56.0 Å². The highest BCUT2D eigenvalue weighted by Crippen LogP contribution is 2.24. The maximum Gasteiger partial charge on any atom is 0.342 e. The van der Waals surface area contributed by atoms with Gasteiger partial charge < -0.3 is 19.4 Å². The molecule has 1 fully saturated rings. The van der Waals surface area contributed by atoms with Crippen LogP contribution in [-0.2, 0) is 9.53 Å². The van der Waals surface area contributed by atoms with Gasteiger partial charge in [-0.1, -0.05) is 6.92 Å². The van der Waals surface area contributed by atoms with E-state index in [1.807, 2.05) is 24.3 Å². The second kappa shape index (κ2) is 8.08. The van der Waals surface area contributed by atoms with Crippen LogP contribution in [-0.4, -0.2) is 31.6 Å². The van der Waals surface area contributed by atoms with E-state index in [0.29, 0.717) is 17.0 Å². The molecule has 0 saturated carbocycles. The van der Waals surface area contributed by atoms with Crippen molar-refractivity contribution in [2.45, 2.75) is 26.7 Å². The molecular formula is C20H24N2O4. The van der Waals surface area contributed by atoms with Crippen LogP contribution in [0, 0.1) is 12.8 Å². The van der Waals surface area contributed by atoms with E-state index in [4.69, 9.17) is 9.15 Å². The standard InChI is InChI=1S/C20H24N2O4/c1-14-7-10-22(11-8-14)17-5-3-16(4-6-17)21-19(23)13-26-20(24)18-9-12-25-15(18)2/h3-6,9,12,14H,7-8,10-11,13H2,1-2H3,(H,21,23). The van der Waals surface area contributed by atoms with E-state index in [0.717, 1.165) is 24.7 Å². The van der Waals surface area contributed by atoms with Crippen molar-refractivity contribution < 1.29 is 18.7 Å². The number of esters is 1. The van der Waals surface area contributed by atoms with Gasteiger partial charge in [0.1, 0.15) is 11.3 Å². The lowest BCUT2D eigenvalue weighted by atomic mass is 9.99. The molecule has 1 aliphatic rings. The van der Waals surface area contributed by atoms with Crippen LogP contribution in [0.3, 0.4) is 0 Å². The van der Waals surface area contributed by atoms with E-state index < -0.39 is 5.97 Å². The first-order chi connectivity index (χ1) is 12.5. The Balaban J connectivity index is 1.48. The molecule has 138 valence electrons. The molecule has 1 aromatic carbocycles. The van der Waals surface area contributed by atoms with Gasteiger partial charge in [0.25, 0.3) is 5.91 Å². The molecule has 6 nitrogen and oxygen atoms in total. The second-order valence-electron chi connectivity index (χ2n) is 6.73. The minimum Gasteiger partial charge on any atom is -0.469 e. The Labute approximate surface area is 153 Å². The van der Waals surface area contributed by atoms with Crippen molar-refractivity contribution in [3.63, 3.8) is 0 Å². The number of nitrogens with zero attached hydrogens (tertiary/aromatic N) is 1. The first kappa shape index (κ1) is 18.0. The fraction of sp³-hybridized carbons (Fsp3) is 0.400. The van der Waals surface area contributed by atoms with Gasteiger partial charge in [-0.3, -0.25) is 4.79 Å². The van der Waals surface area contributed by atoms with Crippen LogP contribution in [0.5, 0.6) is 0 Å². The minimum absolute atomic E-state index is 0.331. The third kappa shape index (κ3) is 4.45. The molecule has 3 rings (SSSR count). The molecule has 26 heavy (non-hydrogen) atoms. The maximum absolute atomic E-state index is 12.0. The Morgan fingerprint density at radius 1 is 1.19 bits per heavy atom. The van der Waals surface area contributed by atoms with Crippen LogP contribution >= 0.6 is 0 Å². The van der Waals surface area contributed by atoms with Gasteiger partial charge in [0.2, 0.25) is 0 Å². The largest absolute Gasteiger partial charge is 0.469 e. The molecule has 0 bridgehead atoms. The number of piperidine rings is 1. The molecule has 0 aliphatic carbocycles. The predicted octanol–water partition coefficient (Wildman–Crippen LogP) is 3.62. The number of furan rings is 1. The lowest BCUT2D eigenvalue weighted by Crippen LogP contribution is -2.32. The normalized spacial score (nSPS) is 14.9. The zero-order valence-electron chi connectivity index (χ0n) is 15.2. The Morgan fingerprint density at radius 3 is 2.50 bits per heavy atom. The van der Waals surface area contributed by atoms with E-state index in [2.05, 4.69) is 17.1 Å². The van der Waals surface area contributed by atoms with Gasteiger partial charge >= 0.3 is 5.97 Å². The molecule has 2 heterocycles. The van der Waals surface area contributed by atoms with Crippen LogP contribution in [0.15, 0.2) is 41.0 Å². The zero-order valence-corrected chi connectivity index (χ0v) is 15.2. The van der Waals surface area contributed by atoms with Crippen molar-refractivity contribution >= 4 is 23.3 Å². The third-order valence-corrected chi connectivity index (χ3v) is 4.71. The highest BCUT2D eigenvalue weighted by atomic mass is 16.5. The predicted molar refractivity (Wildman–Crippen MR) is 99.4 cm³/mol. The molecule has 2 aromatic rings. The summed E-state index contributed by atoms with van der Waals surface area (Å²) in [6.45, 7) is 5.75. The van der Waals surface area contributed by atoms with Crippen molar-refractivity contribution in [2.75, 3.05) is 29.9 Å². The quantitative estimate of drug-likeness (QED) is 0.829. The number of carbonyl (C=O) groups is 2. The molecule has 1 N–H and O–H groups in total. The summed E-state index contributed by atoms with van der Waals surface area (Å²) < 4.78 is 10.1. The van der Waals surface area contributed by atoms with Gasteiger partial charge in [0.15, 0.2) is 6.61 Å². The van der Waals surface area contributed by atoms with Crippen LogP contribution in [0.4, 0.5) is 11.4 Å². The van der Waals surface area contributed by atoms with Crippen LogP contribution < -0.4 is 10.2 Å². The number of benzene rings is 1. The summed E-state index contributed by atoms with van der Waals surface area (Å²) in [5.41, 5.74) is 2.18. The summed E-state index contributed by atoms with van der Waals surface area (Å²) in [4.78, 5) is 26.2. The third-order valence-electron chi connectivity index (χ3n) is 4.71.